The molecule has 266 valence electrons. The molecule has 1 heterocycles. The Balaban J connectivity index is 1.61. The minimum absolute atomic E-state index is 0.0386. The Morgan fingerprint density at radius 1 is 0.745 bits per heavy atom. The van der Waals surface area contributed by atoms with E-state index in [1.165, 1.54) is 21.3 Å². The zero-order valence-electron chi connectivity index (χ0n) is 29.4. The first-order valence-corrected chi connectivity index (χ1v) is 17.6. The fraction of sp³-hybridized carbons (Fsp3) is 0.231. The fourth-order valence-corrected chi connectivity index (χ4v) is 6.13. The molecule has 5 rings (SSSR count). The van der Waals surface area contributed by atoms with Crippen molar-refractivity contribution in [1.29, 1.82) is 0 Å². The Morgan fingerprint density at radius 3 is 2.00 bits per heavy atom. The number of carbonyl (C=O) groups is 1. The molecule has 12 heteroatoms. The first kappa shape index (κ1) is 36.5. The van der Waals surface area contributed by atoms with Gasteiger partial charge in [-0.2, -0.15) is 0 Å². The SMILES string of the molecule is COc1cc(OC)cc(-c2cc(NS(=O)(=O)c3ccc(C(C)(C)C)cc3)c(Oc3ccccc3OC)c(OCCC(=O)Nc3ccccn3)c2)c1. The number of hydrogen-bond donors (Lipinski definition) is 2. The highest BCUT2D eigenvalue weighted by molar-refractivity contribution is 7.92. The number of anilines is 2. The van der Waals surface area contributed by atoms with Crippen molar-refractivity contribution < 1.29 is 36.9 Å². The summed E-state index contributed by atoms with van der Waals surface area (Å²) in [6.45, 7) is 6.09. The van der Waals surface area contributed by atoms with E-state index in [9.17, 15) is 13.2 Å². The van der Waals surface area contributed by atoms with Crippen LogP contribution in [0.3, 0.4) is 0 Å². The number of carbonyl (C=O) groups excluding carboxylic acids is 1. The number of rotatable bonds is 14. The second-order valence-corrected chi connectivity index (χ2v) is 14.1. The van der Waals surface area contributed by atoms with Crippen molar-refractivity contribution in [3.05, 3.63) is 109 Å². The number of nitrogens with one attached hydrogen (secondary N) is 2. The minimum atomic E-state index is -4.15. The third-order valence-electron chi connectivity index (χ3n) is 7.81. The summed E-state index contributed by atoms with van der Waals surface area (Å²) in [5, 5.41) is 2.74. The largest absolute Gasteiger partial charge is 0.497 e. The summed E-state index contributed by atoms with van der Waals surface area (Å²) in [4.78, 5) is 17.0. The zero-order valence-corrected chi connectivity index (χ0v) is 30.2. The molecule has 0 aliphatic rings. The molecule has 0 unspecified atom stereocenters. The first-order chi connectivity index (χ1) is 24.4. The van der Waals surface area contributed by atoms with Gasteiger partial charge >= 0.3 is 0 Å². The van der Waals surface area contributed by atoms with Gasteiger partial charge in [0.25, 0.3) is 10.0 Å². The standard InChI is InChI=1S/C39H41N3O8S/c1-39(2,3)28-14-16-31(17-15-28)51(44,45)42-32-23-27(26-21-29(46-4)25-30(22-26)47-5)24-35(38(32)50-34-12-8-7-11-33(34)48-6)49-20-18-37(43)41-36-13-9-10-19-40-36/h7-17,19,21-25,42H,18,20H2,1-6H3,(H,40,41,43). The molecule has 2 N–H and O–H groups in total. The van der Waals surface area contributed by atoms with Crippen LogP contribution in [0.1, 0.15) is 32.8 Å². The highest BCUT2D eigenvalue weighted by atomic mass is 32.2. The van der Waals surface area contributed by atoms with E-state index in [1.54, 1.807) is 103 Å². The van der Waals surface area contributed by atoms with E-state index in [4.69, 9.17) is 23.7 Å². The van der Waals surface area contributed by atoms with E-state index < -0.39 is 10.0 Å². The van der Waals surface area contributed by atoms with Crippen molar-refractivity contribution in [2.75, 3.05) is 38.0 Å². The molecule has 1 amide bonds. The van der Waals surface area contributed by atoms with Crippen molar-refractivity contribution in [3.63, 3.8) is 0 Å². The molecule has 11 nitrogen and oxygen atoms in total. The second kappa shape index (κ2) is 15.9. The maximum absolute atomic E-state index is 14.0. The van der Waals surface area contributed by atoms with Crippen LogP contribution in [-0.4, -0.2) is 47.2 Å². The second-order valence-electron chi connectivity index (χ2n) is 12.4. The van der Waals surface area contributed by atoms with Crippen LogP contribution < -0.4 is 33.7 Å². The highest BCUT2D eigenvalue weighted by Gasteiger charge is 2.24. The average molecular weight is 712 g/mol. The summed E-state index contributed by atoms with van der Waals surface area (Å²) in [7, 11) is 0.430. The molecule has 0 atom stereocenters. The normalized spacial score (nSPS) is 11.3. The molecule has 5 aromatic rings. The number of benzene rings is 4. The average Bonchev–Trinajstić information content (AvgIpc) is 3.12. The maximum Gasteiger partial charge on any atom is 0.262 e. The monoisotopic (exact) mass is 711 g/mol. The van der Waals surface area contributed by atoms with Crippen molar-refractivity contribution in [2.24, 2.45) is 0 Å². The van der Waals surface area contributed by atoms with Crippen LogP contribution in [0.5, 0.6) is 34.5 Å². The van der Waals surface area contributed by atoms with E-state index in [1.807, 2.05) is 0 Å². The number of hydrogen-bond acceptors (Lipinski definition) is 9. The fourth-order valence-electron chi connectivity index (χ4n) is 5.08. The quantitative estimate of drug-likeness (QED) is 0.117. The Kier molecular flexibility index (Phi) is 11.4. The van der Waals surface area contributed by atoms with Crippen molar-refractivity contribution in [2.45, 2.75) is 37.5 Å². The Labute approximate surface area is 298 Å². The number of ether oxygens (including phenoxy) is 5. The third kappa shape index (κ3) is 9.28. The van der Waals surface area contributed by atoms with Crippen LogP contribution in [0.15, 0.2) is 108 Å². The molecular formula is C39H41N3O8S. The van der Waals surface area contributed by atoms with E-state index in [-0.39, 0.29) is 46.4 Å². The molecule has 0 saturated heterocycles. The molecule has 0 spiro atoms. The third-order valence-corrected chi connectivity index (χ3v) is 9.20. The predicted octanol–water partition coefficient (Wildman–Crippen LogP) is 8.07. The molecule has 0 aliphatic heterocycles. The van der Waals surface area contributed by atoms with Crippen LogP contribution in [-0.2, 0) is 20.2 Å². The van der Waals surface area contributed by atoms with Gasteiger partial charge in [0, 0.05) is 12.3 Å². The van der Waals surface area contributed by atoms with E-state index in [2.05, 4.69) is 35.8 Å². The Morgan fingerprint density at radius 2 is 1.39 bits per heavy atom. The van der Waals surface area contributed by atoms with Gasteiger partial charge in [-0.3, -0.25) is 9.52 Å². The van der Waals surface area contributed by atoms with E-state index in [0.717, 1.165) is 5.56 Å². The van der Waals surface area contributed by atoms with Gasteiger partial charge in [-0.1, -0.05) is 51.1 Å². The lowest BCUT2D eigenvalue weighted by Gasteiger charge is -2.21. The highest BCUT2D eigenvalue weighted by Crippen LogP contribution is 2.46. The summed E-state index contributed by atoms with van der Waals surface area (Å²) >= 11 is 0. The first-order valence-electron chi connectivity index (χ1n) is 16.1. The lowest BCUT2D eigenvalue weighted by molar-refractivity contribution is -0.116. The van der Waals surface area contributed by atoms with Crippen molar-refractivity contribution >= 4 is 27.4 Å². The van der Waals surface area contributed by atoms with Crippen LogP contribution in [0.25, 0.3) is 11.1 Å². The van der Waals surface area contributed by atoms with Crippen LogP contribution >= 0.6 is 0 Å². The molecule has 0 bridgehead atoms. The summed E-state index contributed by atoms with van der Waals surface area (Å²) in [6, 6.07) is 27.5. The maximum atomic E-state index is 14.0. The van der Waals surface area contributed by atoms with Gasteiger partial charge in [0.15, 0.2) is 23.0 Å². The van der Waals surface area contributed by atoms with E-state index >= 15 is 0 Å². The Bertz CT molecular complexity index is 2060. The number of para-hydroxylation sites is 2. The molecule has 0 radical (unpaired) electrons. The lowest BCUT2D eigenvalue weighted by Crippen LogP contribution is -2.17. The number of sulfonamides is 1. The van der Waals surface area contributed by atoms with Gasteiger partial charge < -0.3 is 29.0 Å². The number of amides is 1. The number of methoxy groups -OCH3 is 3. The number of nitrogens with zero attached hydrogens (tertiary/aromatic N) is 1. The number of pyridine rings is 1. The molecule has 51 heavy (non-hydrogen) atoms. The van der Waals surface area contributed by atoms with Crippen molar-refractivity contribution in [1.82, 2.24) is 4.98 Å². The van der Waals surface area contributed by atoms with Gasteiger partial charge in [-0.05, 0) is 82.8 Å². The topological polar surface area (TPSA) is 134 Å². The van der Waals surface area contributed by atoms with Crippen LogP contribution in [0, 0.1) is 0 Å². The molecule has 0 fully saturated rings. The molecule has 0 saturated carbocycles. The Hall–Kier alpha value is -5.75. The summed E-state index contributed by atoms with van der Waals surface area (Å²) < 4.78 is 59.9. The van der Waals surface area contributed by atoms with Gasteiger partial charge in [0.1, 0.15) is 17.3 Å². The van der Waals surface area contributed by atoms with Gasteiger partial charge in [-0.15, -0.1) is 0 Å². The molecular weight excluding hydrogens is 671 g/mol. The summed E-state index contributed by atoms with van der Waals surface area (Å²) in [5.74, 6) is 2.06. The zero-order chi connectivity index (χ0) is 36.6. The predicted molar refractivity (Wildman–Crippen MR) is 197 cm³/mol. The smallest absolute Gasteiger partial charge is 0.262 e. The molecule has 0 aliphatic carbocycles. The van der Waals surface area contributed by atoms with Crippen molar-refractivity contribution in [3.8, 4) is 45.6 Å². The lowest BCUT2D eigenvalue weighted by atomic mass is 9.87. The summed E-state index contributed by atoms with van der Waals surface area (Å²) in [5.41, 5.74) is 2.08. The van der Waals surface area contributed by atoms with Gasteiger partial charge in [0.2, 0.25) is 5.91 Å². The number of aromatic nitrogens is 1. The van der Waals surface area contributed by atoms with Crippen LogP contribution in [0.2, 0.25) is 0 Å². The van der Waals surface area contributed by atoms with Gasteiger partial charge in [0.05, 0.1) is 44.9 Å². The molecule has 4 aromatic carbocycles. The minimum Gasteiger partial charge on any atom is -0.497 e. The molecule has 1 aromatic heterocycles. The summed E-state index contributed by atoms with van der Waals surface area (Å²) in [6.07, 6.45) is 1.54. The van der Waals surface area contributed by atoms with Crippen LogP contribution in [0.4, 0.5) is 11.5 Å². The van der Waals surface area contributed by atoms with Gasteiger partial charge in [-0.25, -0.2) is 13.4 Å². The van der Waals surface area contributed by atoms with E-state index in [0.29, 0.717) is 39.9 Å².